The van der Waals surface area contributed by atoms with E-state index in [1.54, 1.807) is 17.1 Å². The van der Waals surface area contributed by atoms with Crippen LogP contribution in [0.15, 0.2) is 36.4 Å². The molecule has 0 aromatic heterocycles. The Kier molecular flexibility index (Phi) is 8.94. The molecule has 2 aliphatic heterocycles. The van der Waals surface area contributed by atoms with Crippen LogP contribution in [-0.4, -0.2) is 66.8 Å². The molecule has 2 aliphatic rings. The topological polar surface area (TPSA) is 88.2 Å². The van der Waals surface area contributed by atoms with E-state index in [0.717, 1.165) is 12.1 Å². The summed E-state index contributed by atoms with van der Waals surface area (Å²) in [5.41, 5.74) is 1.50. The Hall–Kier alpha value is -2.87. The number of ether oxygens (including phenoxy) is 2. The summed E-state index contributed by atoms with van der Waals surface area (Å²) in [4.78, 5) is 41.9. The van der Waals surface area contributed by atoms with Gasteiger partial charge in [0.25, 0.3) is 11.8 Å². The number of para-hydroxylation sites is 1. The van der Waals surface area contributed by atoms with Crippen LogP contribution in [-0.2, 0) is 25.5 Å². The van der Waals surface area contributed by atoms with E-state index in [1.807, 2.05) is 45.0 Å². The lowest BCUT2D eigenvalue weighted by molar-refractivity contribution is -0.133. The predicted octanol–water partition coefficient (Wildman–Crippen LogP) is 3.69. The van der Waals surface area contributed by atoms with E-state index >= 15 is 0 Å². The molecule has 1 fully saturated rings. The first-order valence-electron chi connectivity index (χ1n) is 12.5. The fraction of sp³-hybridized carbons (Fsp3) is 0.593. The van der Waals surface area contributed by atoms with Crippen LogP contribution in [0.3, 0.4) is 0 Å². The number of benzene rings is 1. The van der Waals surface area contributed by atoms with Crippen LogP contribution < -0.4 is 10.2 Å². The first kappa shape index (κ1) is 26.7. The van der Waals surface area contributed by atoms with Gasteiger partial charge >= 0.3 is 6.09 Å². The van der Waals surface area contributed by atoms with Gasteiger partial charge in [0.2, 0.25) is 0 Å². The van der Waals surface area contributed by atoms with Gasteiger partial charge in [0.1, 0.15) is 5.60 Å². The fourth-order valence-electron chi connectivity index (χ4n) is 4.30. The summed E-state index contributed by atoms with van der Waals surface area (Å²) in [6, 6.07) is 7.59. The van der Waals surface area contributed by atoms with E-state index in [0.29, 0.717) is 38.5 Å². The average Bonchev–Trinajstić information content (AvgIpc) is 3.04. The number of amides is 3. The van der Waals surface area contributed by atoms with E-state index in [9.17, 15) is 14.4 Å². The minimum atomic E-state index is -0.797. The lowest BCUT2D eigenvalue weighted by Crippen LogP contribution is -2.48. The summed E-state index contributed by atoms with van der Waals surface area (Å²) < 4.78 is 11.2. The van der Waals surface area contributed by atoms with Gasteiger partial charge in [-0.1, -0.05) is 38.1 Å². The number of anilines is 1. The van der Waals surface area contributed by atoms with Crippen LogP contribution in [0, 0.1) is 5.92 Å². The Labute approximate surface area is 208 Å². The molecule has 0 unspecified atom stereocenters. The molecule has 1 aromatic carbocycles. The van der Waals surface area contributed by atoms with Crippen LogP contribution in [0.25, 0.3) is 0 Å². The summed E-state index contributed by atoms with van der Waals surface area (Å²) in [7, 11) is 0. The first-order chi connectivity index (χ1) is 16.5. The molecule has 1 aromatic rings. The predicted molar refractivity (Wildman–Crippen MR) is 135 cm³/mol. The lowest BCUT2D eigenvalue weighted by Gasteiger charge is -2.28. The van der Waals surface area contributed by atoms with Crippen molar-refractivity contribution in [2.75, 3.05) is 31.1 Å². The second-order valence-corrected chi connectivity index (χ2v) is 10.6. The Morgan fingerprint density at radius 2 is 1.94 bits per heavy atom. The molecule has 0 bridgehead atoms. The number of nitrogens with one attached hydrogen (secondary N) is 1. The number of nitrogens with zero attached hydrogens (tertiary/aromatic N) is 2. The second kappa shape index (κ2) is 11.7. The number of carbonyl (C=O) groups excluding carboxylic acids is 3. The van der Waals surface area contributed by atoms with E-state index in [1.165, 1.54) is 10.5 Å². The van der Waals surface area contributed by atoms with Crippen molar-refractivity contribution in [3.63, 3.8) is 0 Å². The highest BCUT2D eigenvalue weighted by molar-refractivity contribution is 6.03. The number of rotatable bonds is 6. The van der Waals surface area contributed by atoms with Crippen molar-refractivity contribution in [1.29, 1.82) is 0 Å². The normalized spacial score (nSPS) is 19.4. The summed E-state index contributed by atoms with van der Waals surface area (Å²) in [5.74, 6) is -0.0876. The van der Waals surface area contributed by atoms with Gasteiger partial charge < -0.3 is 24.6 Å². The molecule has 1 saturated heterocycles. The highest BCUT2D eigenvalue weighted by Crippen LogP contribution is 2.27. The Balaban J connectivity index is 1.64. The van der Waals surface area contributed by atoms with E-state index < -0.39 is 17.8 Å². The monoisotopic (exact) mass is 485 g/mol. The smallest absolute Gasteiger partial charge is 0.410 e. The molecule has 2 atom stereocenters. The molecular formula is C27H39N3O5. The van der Waals surface area contributed by atoms with Gasteiger partial charge in [-0.15, -0.1) is 0 Å². The lowest BCUT2D eigenvalue weighted by atomic mass is 10.0. The summed E-state index contributed by atoms with van der Waals surface area (Å²) in [6.45, 7) is 11.2. The fourth-order valence-corrected chi connectivity index (χ4v) is 4.30. The molecular weight excluding hydrogens is 446 g/mol. The van der Waals surface area contributed by atoms with Crippen molar-refractivity contribution in [3.05, 3.63) is 42.0 Å². The van der Waals surface area contributed by atoms with Gasteiger partial charge in [0, 0.05) is 37.5 Å². The molecule has 8 heteroatoms. The molecule has 3 rings (SSSR count). The average molecular weight is 486 g/mol. The van der Waals surface area contributed by atoms with Crippen molar-refractivity contribution < 1.29 is 23.9 Å². The van der Waals surface area contributed by atoms with Crippen LogP contribution in [0.4, 0.5) is 10.5 Å². The van der Waals surface area contributed by atoms with Gasteiger partial charge in [-0.3, -0.25) is 9.59 Å². The van der Waals surface area contributed by atoms with Crippen molar-refractivity contribution >= 4 is 23.6 Å². The SMILES string of the molecule is CC(C)C[C@@H](/C=C/C(=O)N1CCc2ccccc21)NC(=O)[C@@H]1CN(C(=O)OC(C)(C)C)CCCO1. The Morgan fingerprint density at radius 1 is 1.20 bits per heavy atom. The molecule has 192 valence electrons. The summed E-state index contributed by atoms with van der Waals surface area (Å²) >= 11 is 0. The highest BCUT2D eigenvalue weighted by Gasteiger charge is 2.31. The zero-order valence-corrected chi connectivity index (χ0v) is 21.6. The Bertz CT molecular complexity index is 937. The first-order valence-corrected chi connectivity index (χ1v) is 12.5. The van der Waals surface area contributed by atoms with Crippen molar-refractivity contribution in [3.8, 4) is 0 Å². The van der Waals surface area contributed by atoms with Crippen molar-refractivity contribution in [1.82, 2.24) is 10.2 Å². The zero-order valence-electron chi connectivity index (χ0n) is 21.6. The third-order valence-electron chi connectivity index (χ3n) is 5.90. The van der Waals surface area contributed by atoms with Gasteiger partial charge in [-0.25, -0.2) is 4.79 Å². The van der Waals surface area contributed by atoms with E-state index in [4.69, 9.17) is 9.47 Å². The van der Waals surface area contributed by atoms with Crippen LogP contribution in [0.5, 0.6) is 0 Å². The largest absolute Gasteiger partial charge is 0.444 e. The molecule has 3 amide bonds. The second-order valence-electron chi connectivity index (χ2n) is 10.6. The molecule has 1 N–H and O–H groups in total. The third kappa shape index (κ3) is 7.82. The van der Waals surface area contributed by atoms with Crippen LogP contribution >= 0.6 is 0 Å². The quantitative estimate of drug-likeness (QED) is 0.621. The molecule has 8 nitrogen and oxygen atoms in total. The zero-order chi connectivity index (χ0) is 25.6. The molecule has 0 saturated carbocycles. The number of hydrogen-bond acceptors (Lipinski definition) is 5. The minimum Gasteiger partial charge on any atom is -0.444 e. The number of carbonyl (C=O) groups is 3. The number of fused-ring (bicyclic) bond motifs is 1. The van der Waals surface area contributed by atoms with Gasteiger partial charge in [0.05, 0.1) is 6.54 Å². The van der Waals surface area contributed by atoms with Crippen LogP contribution in [0.1, 0.15) is 53.0 Å². The van der Waals surface area contributed by atoms with E-state index in [-0.39, 0.29) is 24.4 Å². The van der Waals surface area contributed by atoms with E-state index in [2.05, 4.69) is 19.2 Å². The minimum absolute atomic E-state index is 0.0974. The highest BCUT2D eigenvalue weighted by atomic mass is 16.6. The maximum atomic E-state index is 13.1. The van der Waals surface area contributed by atoms with Gasteiger partial charge in [-0.2, -0.15) is 0 Å². The maximum absolute atomic E-state index is 13.1. The molecule has 0 spiro atoms. The molecule has 35 heavy (non-hydrogen) atoms. The Morgan fingerprint density at radius 3 is 2.66 bits per heavy atom. The number of hydrogen-bond donors (Lipinski definition) is 1. The van der Waals surface area contributed by atoms with Crippen molar-refractivity contribution in [2.45, 2.75) is 71.6 Å². The molecule has 2 heterocycles. The standard InChI is InChI=1S/C27H39N3O5/c1-19(2)17-21(11-12-24(31)30-15-13-20-9-6-7-10-22(20)30)28-25(32)23-18-29(14-8-16-34-23)26(33)35-27(3,4)5/h6-7,9-12,19,21,23H,8,13-18H2,1-5H3,(H,28,32)/b12-11+/t21-,23+/m1/s1. The van der Waals surface area contributed by atoms with Crippen molar-refractivity contribution in [2.24, 2.45) is 5.92 Å². The molecule has 0 radical (unpaired) electrons. The summed E-state index contributed by atoms with van der Waals surface area (Å²) in [5, 5.41) is 3.02. The van der Waals surface area contributed by atoms with Gasteiger partial charge in [-0.05, 0) is 57.6 Å². The molecule has 0 aliphatic carbocycles. The third-order valence-corrected chi connectivity index (χ3v) is 5.90. The van der Waals surface area contributed by atoms with Gasteiger partial charge in [0.15, 0.2) is 6.10 Å². The maximum Gasteiger partial charge on any atom is 0.410 e. The summed E-state index contributed by atoms with van der Waals surface area (Å²) in [6.07, 6.45) is 4.22. The van der Waals surface area contributed by atoms with Crippen LogP contribution in [0.2, 0.25) is 0 Å².